The van der Waals surface area contributed by atoms with Crippen molar-refractivity contribution in [1.82, 2.24) is 0 Å². The number of benzene rings is 2. The molecule has 0 aliphatic heterocycles. The molecule has 0 saturated heterocycles. The number of rotatable bonds is 6. The Hall–Kier alpha value is -2.17. The smallest absolute Gasteiger partial charge is 0.335 e. The molecule has 4 atom stereocenters. The minimum Gasteiger partial charge on any atom is -0.460 e. The molecule has 0 amide bonds. The minimum atomic E-state index is -1.33. The van der Waals surface area contributed by atoms with Crippen molar-refractivity contribution in [2.75, 3.05) is 0 Å². The number of esters is 1. The molecule has 160 valence electrons. The summed E-state index contributed by atoms with van der Waals surface area (Å²) in [5.74, 6) is -0.248. The third kappa shape index (κ3) is 2.77. The van der Waals surface area contributed by atoms with Gasteiger partial charge in [0.2, 0.25) is 0 Å². The summed E-state index contributed by atoms with van der Waals surface area (Å²) < 4.78 is 5.98. The fraction of sp³-hybridized carbons (Fsp3) is 0.500. The second-order valence-corrected chi connectivity index (χ2v) is 9.46. The lowest BCUT2D eigenvalue weighted by Gasteiger charge is -2.53. The maximum atomic E-state index is 12.7. The zero-order valence-corrected chi connectivity index (χ0v) is 18.0. The molecule has 0 heterocycles. The van der Waals surface area contributed by atoms with Gasteiger partial charge in [0.05, 0.1) is 0 Å². The standard InChI is InChI=1S/C26H32O4/c1-4-21(27)23(28)30-22-17-20-15-16-25(22,24(20,2)3)26(29,18-11-7-5-8-12-18)19-13-9-6-10-14-19/h5-14,20-22,27,29H,4,15-17H2,1-3H3/t20-,21-,22-,25-/m1/s1. The van der Waals surface area contributed by atoms with Gasteiger partial charge in [-0.25, -0.2) is 4.79 Å². The van der Waals surface area contributed by atoms with Crippen LogP contribution in [0.4, 0.5) is 0 Å². The zero-order valence-electron chi connectivity index (χ0n) is 18.0. The highest BCUT2D eigenvalue weighted by atomic mass is 16.6. The van der Waals surface area contributed by atoms with Gasteiger partial charge in [0.15, 0.2) is 6.10 Å². The lowest BCUT2D eigenvalue weighted by molar-refractivity contribution is -0.191. The number of ether oxygens (including phenoxy) is 1. The molecule has 2 fully saturated rings. The van der Waals surface area contributed by atoms with Crippen LogP contribution in [0.1, 0.15) is 57.6 Å². The first-order valence-electron chi connectivity index (χ1n) is 11.0. The van der Waals surface area contributed by atoms with Crippen LogP contribution < -0.4 is 0 Å². The van der Waals surface area contributed by atoms with Crippen LogP contribution in [0.5, 0.6) is 0 Å². The summed E-state index contributed by atoms with van der Waals surface area (Å²) in [7, 11) is 0. The van der Waals surface area contributed by atoms with Crippen LogP contribution in [0.3, 0.4) is 0 Å². The van der Waals surface area contributed by atoms with Crippen molar-refractivity contribution in [3.63, 3.8) is 0 Å². The van der Waals surface area contributed by atoms with Gasteiger partial charge in [0, 0.05) is 5.41 Å². The van der Waals surface area contributed by atoms with Gasteiger partial charge in [0.25, 0.3) is 0 Å². The Labute approximate surface area is 178 Å². The van der Waals surface area contributed by atoms with Gasteiger partial charge in [-0.3, -0.25) is 0 Å². The molecule has 0 aromatic heterocycles. The highest BCUT2D eigenvalue weighted by Gasteiger charge is 2.74. The van der Waals surface area contributed by atoms with E-state index in [0.29, 0.717) is 18.8 Å². The average molecular weight is 409 g/mol. The summed E-state index contributed by atoms with van der Waals surface area (Å²) in [6.45, 7) is 6.16. The summed E-state index contributed by atoms with van der Waals surface area (Å²) in [6, 6.07) is 19.5. The first-order valence-corrected chi connectivity index (χ1v) is 11.0. The van der Waals surface area contributed by atoms with Gasteiger partial charge in [-0.15, -0.1) is 0 Å². The molecule has 0 unspecified atom stereocenters. The molecular weight excluding hydrogens is 376 g/mol. The molecule has 2 aromatic rings. The van der Waals surface area contributed by atoms with Crippen molar-refractivity contribution in [3.05, 3.63) is 71.8 Å². The Kier molecular flexibility index (Phi) is 5.27. The molecule has 2 aromatic carbocycles. The fourth-order valence-electron chi connectivity index (χ4n) is 6.35. The lowest BCUT2D eigenvalue weighted by Crippen LogP contribution is -2.57. The Morgan fingerprint density at radius 2 is 1.63 bits per heavy atom. The monoisotopic (exact) mass is 408 g/mol. The predicted octanol–water partition coefficient (Wildman–Crippen LogP) is 4.43. The number of aliphatic hydroxyl groups excluding tert-OH is 1. The van der Waals surface area contributed by atoms with Gasteiger partial charge in [-0.1, -0.05) is 81.4 Å². The van der Waals surface area contributed by atoms with Crippen molar-refractivity contribution < 1.29 is 19.7 Å². The number of hydrogen-bond donors (Lipinski definition) is 2. The summed E-state index contributed by atoms with van der Waals surface area (Å²) in [5.41, 5.74) is -0.661. The molecule has 2 aliphatic carbocycles. The predicted molar refractivity (Wildman–Crippen MR) is 116 cm³/mol. The van der Waals surface area contributed by atoms with Gasteiger partial charge in [-0.2, -0.15) is 0 Å². The number of carbonyl (C=O) groups excluding carboxylic acids is 1. The molecule has 4 nitrogen and oxygen atoms in total. The van der Waals surface area contributed by atoms with Crippen LogP contribution in [-0.2, 0) is 15.1 Å². The first kappa shape index (κ1) is 21.1. The number of aliphatic hydroxyl groups is 2. The SMILES string of the molecule is CC[C@@H](O)C(=O)O[C@@H]1C[C@H]2CC[C@]1(C(O)(c1ccccc1)c1ccccc1)C2(C)C. The molecule has 0 spiro atoms. The summed E-state index contributed by atoms with van der Waals surface area (Å²) >= 11 is 0. The molecule has 30 heavy (non-hydrogen) atoms. The van der Waals surface area contributed by atoms with E-state index < -0.39 is 29.2 Å². The van der Waals surface area contributed by atoms with Gasteiger partial charge in [-0.05, 0) is 48.1 Å². The highest BCUT2D eigenvalue weighted by molar-refractivity contribution is 5.74. The average Bonchev–Trinajstić information content (AvgIpc) is 3.16. The minimum absolute atomic E-state index is 0.254. The topological polar surface area (TPSA) is 66.8 Å². The maximum absolute atomic E-state index is 12.7. The molecule has 0 radical (unpaired) electrons. The summed E-state index contributed by atoms with van der Waals surface area (Å²) in [6.07, 6.45) is 1.16. The van der Waals surface area contributed by atoms with Crippen LogP contribution in [0.2, 0.25) is 0 Å². The van der Waals surface area contributed by atoms with E-state index >= 15 is 0 Å². The molecule has 4 rings (SSSR count). The Bertz CT molecular complexity index is 852. The maximum Gasteiger partial charge on any atom is 0.335 e. The third-order valence-electron chi connectivity index (χ3n) is 8.05. The van der Waals surface area contributed by atoms with Crippen molar-refractivity contribution in [1.29, 1.82) is 0 Å². The first-order chi connectivity index (χ1) is 14.3. The molecule has 2 N–H and O–H groups in total. The third-order valence-corrected chi connectivity index (χ3v) is 8.05. The Balaban J connectivity index is 1.91. The normalized spacial score (nSPS) is 28.3. The molecule has 4 heteroatoms. The van der Waals surface area contributed by atoms with Gasteiger partial charge >= 0.3 is 5.97 Å². The van der Waals surface area contributed by atoms with Crippen LogP contribution >= 0.6 is 0 Å². The van der Waals surface area contributed by atoms with Crippen LogP contribution in [0.15, 0.2) is 60.7 Å². The van der Waals surface area contributed by atoms with E-state index in [-0.39, 0.29) is 5.41 Å². The van der Waals surface area contributed by atoms with Crippen LogP contribution in [-0.4, -0.2) is 28.4 Å². The van der Waals surface area contributed by atoms with E-state index in [4.69, 9.17) is 4.74 Å². The molecule has 2 bridgehead atoms. The molecule has 2 saturated carbocycles. The van der Waals surface area contributed by atoms with E-state index in [0.717, 1.165) is 24.0 Å². The molecule has 2 aliphatic rings. The van der Waals surface area contributed by atoms with Gasteiger partial charge in [0.1, 0.15) is 11.7 Å². The van der Waals surface area contributed by atoms with Crippen LogP contribution in [0, 0.1) is 16.7 Å². The van der Waals surface area contributed by atoms with E-state index in [2.05, 4.69) is 13.8 Å². The lowest BCUT2D eigenvalue weighted by atomic mass is 9.54. The Morgan fingerprint density at radius 1 is 1.10 bits per heavy atom. The summed E-state index contributed by atoms with van der Waals surface area (Å²) in [5, 5.41) is 22.8. The second-order valence-electron chi connectivity index (χ2n) is 9.46. The highest BCUT2D eigenvalue weighted by Crippen LogP contribution is 2.73. The van der Waals surface area contributed by atoms with Crippen LogP contribution in [0.25, 0.3) is 0 Å². The summed E-state index contributed by atoms with van der Waals surface area (Å²) in [4.78, 5) is 12.6. The van der Waals surface area contributed by atoms with Crippen molar-refractivity contribution >= 4 is 5.97 Å². The molecular formula is C26H32O4. The number of hydrogen-bond acceptors (Lipinski definition) is 4. The zero-order chi connectivity index (χ0) is 21.6. The largest absolute Gasteiger partial charge is 0.460 e. The van der Waals surface area contributed by atoms with Crippen molar-refractivity contribution in [3.8, 4) is 0 Å². The quantitative estimate of drug-likeness (QED) is 0.694. The number of carbonyl (C=O) groups is 1. The Morgan fingerprint density at radius 3 is 2.10 bits per heavy atom. The van der Waals surface area contributed by atoms with E-state index in [1.807, 2.05) is 60.7 Å². The van der Waals surface area contributed by atoms with E-state index in [9.17, 15) is 15.0 Å². The van der Waals surface area contributed by atoms with Crippen molar-refractivity contribution in [2.45, 2.75) is 64.3 Å². The number of fused-ring (bicyclic) bond motifs is 2. The second kappa shape index (κ2) is 7.51. The van der Waals surface area contributed by atoms with E-state index in [1.165, 1.54) is 0 Å². The van der Waals surface area contributed by atoms with E-state index in [1.54, 1.807) is 6.92 Å². The van der Waals surface area contributed by atoms with Gasteiger partial charge < -0.3 is 14.9 Å². The van der Waals surface area contributed by atoms with Crippen molar-refractivity contribution in [2.24, 2.45) is 16.7 Å². The fourth-order valence-corrected chi connectivity index (χ4v) is 6.35.